The first-order valence-electron chi connectivity index (χ1n) is 11.3. The second kappa shape index (κ2) is 11.6. The van der Waals surface area contributed by atoms with E-state index in [1.54, 1.807) is 47.6 Å². The van der Waals surface area contributed by atoms with Crippen molar-refractivity contribution < 1.29 is 37.4 Å². The lowest BCUT2D eigenvalue weighted by Gasteiger charge is -2.31. The number of sulfonamides is 1. The van der Waals surface area contributed by atoms with E-state index in [0.29, 0.717) is 0 Å². The van der Waals surface area contributed by atoms with Crippen LogP contribution in [0.15, 0.2) is 47.6 Å². The number of nitrogens with one attached hydrogen (secondary N) is 1. The lowest BCUT2D eigenvalue weighted by Crippen LogP contribution is -2.49. The van der Waals surface area contributed by atoms with Crippen molar-refractivity contribution in [2.45, 2.75) is 76.8 Å². The monoisotopic (exact) mass is 536 g/mol. The van der Waals surface area contributed by atoms with Crippen LogP contribution in [0.5, 0.6) is 0 Å². The smallest absolute Gasteiger partial charge is 0.416 e. The maximum Gasteiger partial charge on any atom is 0.416 e. The van der Waals surface area contributed by atoms with E-state index in [-0.39, 0.29) is 23.1 Å². The van der Waals surface area contributed by atoms with Crippen molar-refractivity contribution in [2.24, 2.45) is 0 Å². The van der Waals surface area contributed by atoms with Crippen LogP contribution in [0, 0.1) is 0 Å². The first-order chi connectivity index (χ1) is 17.0. The van der Waals surface area contributed by atoms with Gasteiger partial charge in [-0.25, -0.2) is 37.6 Å². The zero-order chi connectivity index (χ0) is 28.0. The van der Waals surface area contributed by atoms with Crippen molar-refractivity contribution in [1.82, 2.24) is 14.7 Å². The topological polar surface area (TPSA) is 165 Å². The van der Waals surface area contributed by atoms with Gasteiger partial charge >= 0.3 is 18.0 Å². The summed E-state index contributed by atoms with van der Waals surface area (Å²) in [5.41, 5.74) is -1.69. The minimum atomic E-state index is -3.96. The Labute approximate surface area is 216 Å². The summed E-state index contributed by atoms with van der Waals surface area (Å²) in [5, 5.41) is 9.73. The summed E-state index contributed by atoms with van der Waals surface area (Å²) >= 11 is 0. The molecule has 0 aromatic carbocycles. The summed E-state index contributed by atoms with van der Waals surface area (Å²) in [6.45, 7) is 9.41. The predicted octanol–water partition coefficient (Wildman–Crippen LogP) is 2.88. The Morgan fingerprint density at radius 3 is 2.19 bits per heavy atom. The summed E-state index contributed by atoms with van der Waals surface area (Å²) in [5.74, 6) is -2.48. The Bertz CT molecular complexity index is 1220. The third kappa shape index (κ3) is 9.42. The lowest BCUT2D eigenvalue weighted by atomic mass is 10.1. The van der Waals surface area contributed by atoms with Crippen LogP contribution < -0.4 is 9.62 Å². The van der Waals surface area contributed by atoms with Gasteiger partial charge in [0, 0.05) is 6.20 Å². The number of aliphatic carboxylic acids is 1. The maximum atomic E-state index is 13.1. The Morgan fingerprint density at radius 2 is 1.65 bits per heavy atom. The molecule has 2 aromatic heterocycles. The highest BCUT2D eigenvalue weighted by atomic mass is 32.2. The number of nitrogens with zero attached hydrogens (tertiary/aromatic N) is 3. The second-order valence-corrected chi connectivity index (χ2v) is 11.7. The van der Waals surface area contributed by atoms with Gasteiger partial charge in [-0.15, -0.1) is 0 Å². The first kappa shape index (κ1) is 29.6. The summed E-state index contributed by atoms with van der Waals surface area (Å²) < 4.78 is 38.0. The molecule has 13 heteroatoms. The lowest BCUT2D eigenvalue weighted by molar-refractivity contribution is -0.157. The van der Waals surface area contributed by atoms with E-state index in [1.807, 2.05) is 0 Å². The fraction of sp³-hybridized carbons (Fsp3) is 0.458. The SMILES string of the molecule is CC(C)(C)OC(=O)CC(C(=O)O)N(C(=O)OC(C)(C)C)c1cccc(CNS(=O)(=O)c2ccccn2)n1. The number of hydrogen-bond donors (Lipinski definition) is 2. The van der Waals surface area contributed by atoms with E-state index in [2.05, 4.69) is 14.7 Å². The number of hydrogen-bond acceptors (Lipinski definition) is 9. The molecule has 0 aliphatic heterocycles. The molecule has 1 unspecified atom stereocenters. The zero-order valence-electron chi connectivity index (χ0n) is 21.6. The molecule has 0 spiro atoms. The molecule has 0 saturated heterocycles. The average molecular weight is 537 g/mol. The largest absolute Gasteiger partial charge is 0.480 e. The highest BCUT2D eigenvalue weighted by Crippen LogP contribution is 2.23. The molecule has 0 fully saturated rings. The molecule has 37 heavy (non-hydrogen) atoms. The molecular formula is C24H32N4O8S. The number of carbonyl (C=O) groups excluding carboxylic acids is 2. The second-order valence-electron chi connectivity index (χ2n) is 9.97. The van der Waals surface area contributed by atoms with Crippen molar-refractivity contribution in [3.05, 3.63) is 48.3 Å². The van der Waals surface area contributed by atoms with Crippen molar-refractivity contribution in [2.75, 3.05) is 4.90 Å². The molecule has 0 aliphatic rings. The zero-order valence-corrected chi connectivity index (χ0v) is 22.4. The van der Waals surface area contributed by atoms with Crippen molar-refractivity contribution in [1.29, 1.82) is 0 Å². The Kier molecular flexibility index (Phi) is 9.33. The van der Waals surface area contributed by atoms with E-state index >= 15 is 0 Å². The van der Waals surface area contributed by atoms with Gasteiger partial charge in [0.05, 0.1) is 18.7 Å². The normalized spacial score (nSPS) is 12.9. The van der Waals surface area contributed by atoms with E-state index in [0.717, 1.165) is 4.90 Å². The maximum absolute atomic E-state index is 13.1. The number of amides is 1. The molecule has 202 valence electrons. The molecule has 0 radical (unpaired) electrons. The molecular weight excluding hydrogens is 504 g/mol. The molecule has 0 saturated carbocycles. The molecule has 2 aromatic rings. The van der Waals surface area contributed by atoms with Crippen molar-refractivity contribution in [3.8, 4) is 0 Å². The quantitative estimate of drug-likeness (QED) is 0.455. The number of carboxylic acid groups (broad SMARTS) is 1. The van der Waals surface area contributed by atoms with Crippen LogP contribution in [-0.2, 0) is 35.6 Å². The number of ether oxygens (including phenoxy) is 2. The van der Waals surface area contributed by atoms with Crippen LogP contribution in [0.1, 0.15) is 53.7 Å². The molecule has 12 nitrogen and oxygen atoms in total. The number of pyridine rings is 2. The van der Waals surface area contributed by atoms with Crippen molar-refractivity contribution >= 4 is 33.9 Å². The van der Waals surface area contributed by atoms with Crippen LogP contribution in [0.4, 0.5) is 10.6 Å². The molecule has 1 amide bonds. The molecule has 2 rings (SSSR count). The molecule has 2 heterocycles. The predicted molar refractivity (Wildman–Crippen MR) is 133 cm³/mol. The van der Waals surface area contributed by atoms with Gasteiger partial charge in [-0.05, 0) is 65.8 Å². The number of rotatable bonds is 9. The fourth-order valence-corrected chi connectivity index (χ4v) is 3.91. The average Bonchev–Trinajstić information content (AvgIpc) is 2.76. The highest BCUT2D eigenvalue weighted by Gasteiger charge is 2.38. The van der Waals surface area contributed by atoms with Gasteiger partial charge in [0.25, 0.3) is 10.0 Å². The number of esters is 1. The van der Waals surface area contributed by atoms with Crippen LogP contribution in [0.2, 0.25) is 0 Å². The minimum absolute atomic E-state index is 0.153. The Morgan fingerprint density at radius 1 is 1.00 bits per heavy atom. The first-order valence-corrected chi connectivity index (χ1v) is 12.8. The minimum Gasteiger partial charge on any atom is -0.480 e. The van der Waals surface area contributed by atoms with Gasteiger partial charge in [-0.3, -0.25) is 4.79 Å². The van der Waals surface area contributed by atoms with Crippen molar-refractivity contribution in [3.63, 3.8) is 0 Å². The van der Waals surface area contributed by atoms with E-state index in [4.69, 9.17) is 9.47 Å². The van der Waals surface area contributed by atoms with Crippen LogP contribution >= 0.6 is 0 Å². The Balaban J connectivity index is 2.40. The third-order valence-electron chi connectivity index (χ3n) is 4.36. The number of carbonyl (C=O) groups is 3. The highest BCUT2D eigenvalue weighted by molar-refractivity contribution is 7.89. The fourth-order valence-electron chi connectivity index (χ4n) is 2.97. The summed E-state index contributed by atoms with van der Waals surface area (Å²) in [6.07, 6.45) is -0.394. The van der Waals surface area contributed by atoms with Crippen LogP contribution in [0.25, 0.3) is 0 Å². The van der Waals surface area contributed by atoms with Crippen LogP contribution in [-0.4, -0.2) is 58.8 Å². The standard InChI is InChI=1S/C24H32N4O8S/c1-23(2,3)35-20(29)14-17(21(30)31)28(22(32)36-24(4,5)6)18-11-9-10-16(27-18)15-26-37(33,34)19-12-7-8-13-25-19/h7-13,17,26H,14-15H2,1-6H3,(H,30,31). The van der Waals surface area contributed by atoms with Crippen LogP contribution in [0.3, 0.4) is 0 Å². The van der Waals surface area contributed by atoms with E-state index in [9.17, 15) is 27.9 Å². The number of anilines is 1. The van der Waals surface area contributed by atoms with Gasteiger partial charge in [0.2, 0.25) is 0 Å². The van der Waals surface area contributed by atoms with Gasteiger partial charge in [-0.2, -0.15) is 0 Å². The molecule has 0 aliphatic carbocycles. The molecule has 2 N–H and O–H groups in total. The van der Waals surface area contributed by atoms with Gasteiger partial charge in [-0.1, -0.05) is 12.1 Å². The number of carboxylic acids is 1. The Hall–Kier alpha value is -3.58. The molecule has 1 atom stereocenters. The van der Waals surface area contributed by atoms with Gasteiger partial charge < -0.3 is 14.6 Å². The van der Waals surface area contributed by atoms with Gasteiger partial charge in [0.1, 0.15) is 23.1 Å². The van der Waals surface area contributed by atoms with E-state index in [1.165, 1.54) is 36.5 Å². The van der Waals surface area contributed by atoms with E-state index < -0.39 is 51.7 Å². The number of aromatic nitrogens is 2. The molecule has 0 bridgehead atoms. The third-order valence-corrected chi connectivity index (χ3v) is 5.68. The van der Waals surface area contributed by atoms with Gasteiger partial charge in [0.15, 0.2) is 5.03 Å². The summed E-state index contributed by atoms with van der Waals surface area (Å²) in [6, 6.07) is 7.02. The summed E-state index contributed by atoms with van der Waals surface area (Å²) in [4.78, 5) is 46.6. The summed E-state index contributed by atoms with van der Waals surface area (Å²) in [7, 11) is -3.96.